The molecule has 0 amide bonds. The van der Waals surface area contributed by atoms with Gasteiger partial charge in [-0.1, -0.05) is 78.9 Å². The number of hydrogen-bond acceptors (Lipinski definition) is 8. The van der Waals surface area contributed by atoms with Crippen LogP contribution in [0.2, 0.25) is 0 Å². The Hall–Kier alpha value is -11.2. The Bertz CT molecular complexity index is 5840. The van der Waals surface area contributed by atoms with Gasteiger partial charge in [-0.2, -0.15) is 52.7 Å². The van der Waals surface area contributed by atoms with E-state index >= 15 is 0 Å². The maximum absolute atomic E-state index is 13.6. The highest BCUT2D eigenvalue weighted by atomic mass is 19.4. The molecule has 4 aromatic heterocycles. The Balaban J connectivity index is 0.000000144. The van der Waals surface area contributed by atoms with E-state index in [9.17, 15) is 62.9 Å². The quantitative estimate of drug-likeness (QED) is 0.114. The molecule has 108 heavy (non-hydrogen) atoms. The van der Waals surface area contributed by atoms with Gasteiger partial charge in [0.1, 0.15) is 45.0 Å². The van der Waals surface area contributed by atoms with Crippen molar-refractivity contribution in [3.05, 3.63) is 250 Å². The van der Waals surface area contributed by atoms with E-state index in [-0.39, 0.29) is 35.3 Å². The zero-order valence-corrected chi connectivity index (χ0v) is 61.6. The predicted molar refractivity (Wildman–Crippen MR) is 397 cm³/mol. The van der Waals surface area contributed by atoms with Crippen molar-refractivity contribution in [1.29, 1.82) is 0 Å². The zero-order valence-electron chi connectivity index (χ0n) is 61.6. The summed E-state index contributed by atoms with van der Waals surface area (Å²) in [6.45, 7) is 11.5. The number of nitrogens with zero attached hydrogens (tertiary/aromatic N) is 10. The van der Waals surface area contributed by atoms with Crippen LogP contribution in [0.25, 0.3) is 110 Å². The predicted octanol–water partition coefficient (Wildman–Crippen LogP) is 18.3. The first-order valence-corrected chi connectivity index (χ1v) is 34.1. The van der Waals surface area contributed by atoms with Gasteiger partial charge in [0.25, 0.3) is 25.3 Å². The van der Waals surface area contributed by atoms with Crippen molar-refractivity contribution < 1.29 is 81.2 Å². The van der Waals surface area contributed by atoms with Gasteiger partial charge in [-0.3, -0.25) is 0 Å². The molecule has 14 rings (SSSR count). The lowest BCUT2D eigenvalue weighted by atomic mass is 9.92. The topological polar surface area (TPSA) is 114 Å². The van der Waals surface area contributed by atoms with Crippen molar-refractivity contribution in [2.75, 3.05) is 38.0 Å². The van der Waals surface area contributed by atoms with E-state index in [4.69, 9.17) is 0 Å². The fourth-order valence-electron chi connectivity index (χ4n) is 14.0. The molecule has 10 aromatic carbocycles. The van der Waals surface area contributed by atoms with Crippen LogP contribution in [-0.2, 0) is 66.1 Å². The van der Waals surface area contributed by atoms with Crippen LogP contribution in [0.3, 0.4) is 0 Å². The maximum atomic E-state index is 13.6. The van der Waals surface area contributed by atoms with Crippen molar-refractivity contribution in [2.45, 2.75) is 79.5 Å². The molecule has 0 spiro atoms. The maximum Gasteiger partial charge on any atom is 0.420 e. The first-order valence-electron chi connectivity index (χ1n) is 34.1. The third kappa shape index (κ3) is 15.1. The number of fused-ring (bicyclic) bond motifs is 6. The Morgan fingerprint density at radius 2 is 0.630 bits per heavy atom. The van der Waals surface area contributed by atoms with E-state index in [1.165, 1.54) is 49.6 Å². The molecule has 0 saturated heterocycles. The molecular formula is C84H78F12N10O2+4. The molecule has 556 valence electrons. The van der Waals surface area contributed by atoms with Crippen LogP contribution < -0.4 is 28.1 Å². The summed E-state index contributed by atoms with van der Waals surface area (Å²) in [6.07, 6.45) is -12.2. The monoisotopic (exact) mass is 1490 g/mol. The van der Waals surface area contributed by atoms with E-state index < -0.39 is 47.0 Å². The average Bonchev–Trinajstić information content (AvgIpc) is 0.765. The number of aryl methyl sites for hydroxylation is 8. The van der Waals surface area contributed by atoms with Crippen molar-refractivity contribution >= 4 is 76.5 Å². The number of alkyl halides is 12. The molecule has 0 unspecified atom stereocenters. The summed E-state index contributed by atoms with van der Waals surface area (Å²) in [4.78, 5) is 20.3. The lowest BCUT2D eigenvalue weighted by Gasteiger charge is -2.20. The lowest BCUT2D eigenvalue weighted by molar-refractivity contribution is -0.662. The molecule has 0 aliphatic heterocycles. The molecule has 0 radical (unpaired) electrons. The summed E-state index contributed by atoms with van der Waals surface area (Å²) < 4.78 is 168. The standard InChI is InChI=1S/C23H21F3N3.C22H18F3N2O.C20H21F3N3.C19H18F3N2O/c1-14-15-8-5-6-9-16(15)20(28(2)3)12-18(14)22-17-10-7-11-19(23(24,25)26)21(17)27-13-29(22)4;1-13-15-6-3-4-7-16(15)14(11-28)10-18(13)21-17-8-5-9-19(22(23,24)25)20(17)26-12-27(21)2;1-12-9-14(25(3)4)10-16(13(12)2)19-15-7-6-8-17(20(21,22)23)18(15)24-11-26(19)5;1-11-7-13(9-25)8-15(12(11)2)18-14-5-4-6-16(19(20,21)22)17(14)23-10-24(18)3/h5-13H,1-4H3;3-10,12,28H,11H2,1-2H3;6-11H,1-5H3;4-8,10,25H,9H2,1-3H3/q4*+1. The van der Waals surface area contributed by atoms with Gasteiger partial charge in [-0.05, 0) is 201 Å². The Kier molecular flexibility index (Phi) is 21.8. The molecule has 2 N–H and O–H groups in total. The van der Waals surface area contributed by atoms with Gasteiger partial charge in [-0.25, -0.2) is 18.3 Å². The highest BCUT2D eigenvalue weighted by molar-refractivity contribution is 6.04. The van der Waals surface area contributed by atoms with Crippen LogP contribution in [0.4, 0.5) is 64.1 Å². The Labute approximate surface area is 615 Å². The summed E-state index contributed by atoms with van der Waals surface area (Å²) in [7, 11) is 14.9. The second-order valence-electron chi connectivity index (χ2n) is 27.1. The number of halogens is 12. The fourth-order valence-corrected chi connectivity index (χ4v) is 14.0. The third-order valence-electron chi connectivity index (χ3n) is 19.7. The summed E-state index contributed by atoms with van der Waals surface area (Å²) in [5, 5.41) is 25.2. The van der Waals surface area contributed by atoms with Gasteiger partial charge in [-0.15, -0.1) is 0 Å². The molecular weight excluding hydrogens is 1410 g/mol. The first-order chi connectivity index (χ1) is 50.9. The average molecular weight is 1490 g/mol. The van der Waals surface area contributed by atoms with Crippen LogP contribution in [0.1, 0.15) is 66.8 Å². The largest absolute Gasteiger partial charge is 0.420 e. The Morgan fingerprint density at radius 3 is 0.963 bits per heavy atom. The lowest BCUT2D eigenvalue weighted by Crippen LogP contribution is -2.32. The van der Waals surface area contributed by atoms with Crippen LogP contribution in [-0.4, -0.2) is 58.3 Å². The second kappa shape index (κ2) is 30.2. The van der Waals surface area contributed by atoms with Crippen LogP contribution in [0, 0.1) is 41.5 Å². The number of aromatic nitrogens is 8. The van der Waals surface area contributed by atoms with Crippen molar-refractivity contribution in [2.24, 2.45) is 28.2 Å². The minimum absolute atomic E-state index is 0.0274. The highest BCUT2D eigenvalue weighted by Crippen LogP contribution is 2.44. The normalized spacial score (nSPS) is 12.0. The van der Waals surface area contributed by atoms with Gasteiger partial charge in [0, 0.05) is 67.2 Å². The number of para-hydroxylation sites is 4. The van der Waals surface area contributed by atoms with E-state index in [2.05, 4.69) is 32.1 Å². The van der Waals surface area contributed by atoms with Gasteiger partial charge >= 0.3 is 24.7 Å². The zero-order chi connectivity index (χ0) is 78.5. The molecule has 4 heterocycles. The number of benzene rings is 10. The molecule has 0 aliphatic rings. The van der Waals surface area contributed by atoms with E-state index in [1.54, 1.807) is 63.7 Å². The van der Waals surface area contributed by atoms with E-state index in [0.29, 0.717) is 38.6 Å². The first kappa shape index (κ1) is 77.8. The van der Waals surface area contributed by atoms with Crippen LogP contribution in [0.15, 0.2) is 183 Å². The van der Waals surface area contributed by atoms with Crippen LogP contribution in [0.5, 0.6) is 0 Å². The summed E-state index contributed by atoms with van der Waals surface area (Å²) in [5.41, 5.74) is 12.4. The minimum Gasteiger partial charge on any atom is -0.392 e. The number of hydrogen-bond donors (Lipinski definition) is 2. The minimum atomic E-state index is -4.49. The highest BCUT2D eigenvalue weighted by Gasteiger charge is 2.40. The molecule has 12 nitrogen and oxygen atoms in total. The SMILES string of the molecule is Cc1c(-c2c3cccc(C(F)(F)F)c3nc[n+]2C)cc(CO)c2ccccc12.Cc1c(-c2c3cccc(C(F)(F)F)c3nc[n+]2C)cc(N(C)C)c2ccccc12.Cc1cc(CO)cc(-c2c3cccc(C(F)(F)F)c3nc[n+]2C)c1C.Cc1cc(N(C)C)cc(-c2c3cccc(C(F)(F)F)c3nc[n+]2C)c1C. The molecule has 0 bridgehead atoms. The fraction of sp³-hybridized carbons (Fsp3) is 0.238. The van der Waals surface area contributed by atoms with E-state index in [0.717, 1.165) is 130 Å². The smallest absolute Gasteiger partial charge is 0.392 e. The second-order valence-corrected chi connectivity index (χ2v) is 27.1. The van der Waals surface area contributed by atoms with Gasteiger partial charge in [0.05, 0.1) is 62.9 Å². The molecule has 0 fully saturated rings. The molecule has 24 heteroatoms. The van der Waals surface area contributed by atoms with Crippen molar-refractivity contribution in [3.63, 3.8) is 0 Å². The number of rotatable bonds is 8. The summed E-state index contributed by atoms with van der Waals surface area (Å²) in [6, 6.07) is 44.1. The molecule has 0 saturated carbocycles. The number of anilines is 2. The summed E-state index contributed by atoms with van der Waals surface area (Å²) in [5.74, 6) is 0. The van der Waals surface area contributed by atoms with E-state index in [1.807, 2.05) is 159 Å². The number of aliphatic hydroxyl groups is 2. The third-order valence-corrected chi connectivity index (χ3v) is 19.7. The van der Waals surface area contributed by atoms with Crippen LogP contribution >= 0.6 is 0 Å². The van der Waals surface area contributed by atoms with Gasteiger partial charge < -0.3 is 20.0 Å². The molecule has 0 atom stereocenters. The Morgan fingerprint density at radius 1 is 0.324 bits per heavy atom. The van der Waals surface area contributed by atoms with Gasteiger partial charge in [0.15, 0.2) is 22.1 Å². The van der Waals surface area contributed by atoms with Crippen molar-refractivity contribution in [3.8, 4) is 45.0 Å². The van der Waals surface area contributed by atoms with Gasteiger partial charge in [0.2, 0.25) is 0 Å². The molecule has 0 aliphatic carbocycles. The number of aliphatic hydroxyl groups excluding tert-OH is 2. The molecule has 14 aromatic rings. The summed E-state index contributed by atoms with van der Waals surface area (Å²) >= 11 is 0. The van der Waals surface area contributed by atoms with Crippen molar-refractivity contribution in [1.82, 2.24) is 19.9 Å².